The maximum absolute atomic E-state index is 3.58. The first-order valence-corrected chi connectivity index (χ1v) is 5.86. The fourth-order valence-corrected chi connectivity index (χ4v) is 3.11. The Balaban J connectivity index is 1.98. The van der Waals surface area contributed by atoms with E-state index in [1.54, 1.807) is 5.57 Å². The smallest absolute Gasteiger partial charge is 0.0960 e. The normalized spacial score (nSPS) is 20.6. The first kappa shape index (κ1) is 7.63. The van der Waals surface area contributed by atoms with Gasteiger partial charge in [-0.2, -0.15) is 0 Å². The summed E-state index contributed by atoms with van der Waals surface area (Å²) in [5, 5.41) is 7.16. The number of nitrogens with one attached hydrogen (secondary N) is 1. The lowest BCUT2D eigenvalue weighted by Crippen LogP contribution is -2.14. The van der Waals surface area contributed by atoms with Gasteiger partial charge in [0.05, 0.1) is 5.00 Å². The molecule has 1 aliphatic heterocycles. The summed E-state index contributed by atoms with van der Waals surface area (Å²) in [5.74, 6) is 0. The van der Waals surface area contributed by atoms with E-state index in [0.29, 0.717) is 0 Å². The Bertz CT molecular complexity index is 329. The minimum Gasteiger partial charge on any atom is -0.351 e. The molecule has 0 fully saturated rings. The molecule has 1 aromatic rings. The molecular weight excluding hydrogens is 178 g/mol. The Labute approximate surface area is 82.5 Å². The Hall–Kier alpha value is -0.760. The number of rotatable bonds is 0. The van der Waals surface area contributed by atoms with Gasteiger partial charge in [0.2, 0.25) is 0 Å². The highest BCUT2D eigenvalue weighted by molar-refractivity contribution is 7.14. The van der Waals surface area contributed by atoms with E-state index in [9.17, 15) is 0 Å². The van der Waals surface area contributed by atoms with E-state index in [1.165, 1.54) is 48.4 Å². The van der Waals surface area contributed by atoms with Gasteiger partial charge in [0, 0.05) is 5.70 Å². The van der Waals surface area contributed by atoms with Crippen molar-refractivity contribution in [1.82, 2.24) is 0 Å². The van der Waals surface area contributed by atoms with Crippen molar-refractivity contribution in [3.05, 3.63) is 28.3 Å². The lowest BCUT2D eigenvalue weighted by Gasteiger charge is -2.26. The van der Waals surface area contributed by atoms with E-state index >= 15 is 0 Å². The third-order valence-electron chi connectivity index (χ3n) is 3.00. The predicted molar refractivity (Wildman–Crippen MR) is 57.1 cm³/mol. The fraction of sp³-hybridized carbons (Fsp3) is 0.455. The van der Waals surface area contributed by atoms with Crippen molar-refractivity contribution in [2.45, 2.75) is 32.1 Å². The zero-order valence-corrected chi connectivity index (χ0v) is 8.41. The maximum atomic E-state index is 3.58. The van der Waals surface area contributed by atoms with Crippen LogP contribution in [0, 0.1) is 0 Å². The standard InChI is InChI=1S/C11H13NS/c1-2-4-10-8(3-1)7-9-5-6-13-11(9)12-10/h5-6,12H,1-4,7H2. The Kier molecular flexibility index (Phi) is 1.69. The number of thiophene rings is 1. The molecule has 0 saturated heterocycles. The van der Waals surface area contributed by atoms with Crippen molar-refractivity contribution >= 4 is 16.3 Å². The molecule has 0 saturated carbocycles. The van der Waals surface area contributed by atoms with E-state index in [-0.39, 0.29) is 0 Å². The molecular formula is C11H13NS. The lowest BCUT2D eigenvalue weighted by atomic mass is 9.90. The number of anilines is 1. The van der Waals surface area contributed by atoms with Crippen LogP contribution >= 0.6 is 11.3 Å². The highest BCUT2D eigenvalue weighted by Gasteiger charge is 2.20. The summed E-state index contributed by atoms with van der Waals surface area (Å²) in [7, 11) is 0. The van der Waals surface area contributed by atoms with Gasteiger partial charge in [-0.05, 0) is 54.7 Å². The number of hydrogen-bond donors (Lipinski definition) is 1. The average Bonchev–Trinajstić information content (AvgIpc) is 2.61. The fourth-order valence-electron chi connectivity index (χ4n) is 2.27. The van der Waals surface area contributed by atoms with Crippen molar-refractivity contribution in [1.29, 1.82) is 0 Å². The van der Waals surface area contributed by atoms with Crippen LogP contribution < -0.4 is 5.32 Å². The molecule has 2 heterocycles. The quantitative estimate of drug-likeness (QED) is 0.661. The molecule has 2 aliphatic rings. The van der Waals surface area contributed by atoms with Gasteiger partial charge in [-0.25, -0.2) is 0 Å². The van der Waals surface area contributed by atoms with Crippen molar-refractivity contribution in [3.63, 3.8) is 0 Å². The van der Waals surface area contributed by atoms with Gasteiger partial charge in [0.15, 0.2) is 0 Å². The second-order valence-electron chi connectivity index (χ2n) is 3.87. The molecule has 2 heteroatoms. The molecule has 68 valence electrons. The third-order valence-corrected chi connectivity index (χ3v) is 3.87. The third kappa shape index (κ3) is 1.20. The first-order chi connectivity index (χ1) is 6.43. The zero-order chi connectivity index (χ0) is 8.67. The van der Waals surface area contributed by atoms with Crippen LogP contribution in [0.4, 0.5) is 5.00 Å². The molecule has 0 aromatic carbocycles. The number of fused-ring (bicyclic) bond motifs is 1. The van der Waals surface area contributed by atoms with Crippen LogP contribution in [0.1, 0.15) is 31.2 Å². The van der Waals surface area contributed by atoms with Crippen LogP contribution in [0.5, 0.6) is 0 Å². The molecule has 13 heavy (non-hydrogen) atoms. The largest absolute Gasteiger partial charge is 0.351 e. The van der Waals surface area contributed by atoms with Crippen LogP contribution in [-0.4, -0.2) is 0 Å². The molecule has 1 aromatic heterocycles. The molecule has 1 nitrogen and oxygen atoms in total. The molecule has 1 aliphatic carbocycles. The summed E-state index contributed by atoms with van der Waals surface area (Å²) < 4.78 is 0. The van der Waals surface area contributed by atoms with Crippen molar-refractivity contribution in [3.8, 4) is 0 Å². The van der Waals surface area contributed by atoms with Crippen molar-refractivity contribution in [2.24, 2.45) is 0 Å². The van der Waals surface area contributed by atoms with E-state index in [4.69, 9.17) is 0 Å². The molecule has 0 radical (unpaired) electrons. The van der Waals surface area contributed by atoms with Gasteiger partial charge in [0.1, 0.15) is 0 Å². The number of hydrogen-bond acceptors (Lipinski definition) is 2. The SMILES string of the molecule is c1cc2c(s1)NC1=C(CCCC1)C2. The van der Waals surface area contributed by atoms with E-state index < -0.39 is 0 Å². The van der Waals surface area contributed by atoms with Crippen LogP contribution in [0.15, 0.2) is 22.7 Å². The highest BCUT2D eigenvalue weighted by atomic mass is 32.1. The van der Waals surface area contributed by atoms with Crippen molar-refractivity contribution < 1.29 is 0 Å². The van der Waals surface area contributed by atoms with Crippen LogP contribution in [-0.2, 0) is 6.42 Å². The second-order valence-corrected chi connectivity index (χ2v) is 4.78. The van der Waals surface area contributed by atoms with Gasteiger partial charge >= 0.3 is 0 Å². The summed E-state index contributed by atoms with van der Waals surface area (Å²) >= 11 is 1.84. The summed E-state index contributed by atoms with van der Waals surface area (Å²) in [6, 6.07) is 2.26. The molecule has 0 atom stereocenters. The average molecular weight is 191 g/mol. The molecule has 0 unspecified atom stereocenters. The van der Waals surface area contributed by atoms with Gasteiger partial charge < -0.3 is 5.32 Å². The molecule has 0 amide bonds. The maximum Gasteiger partial charge on any atom is 0.0960 e. The van der Waals surface area contributed by atoms with Crippen LogP contribution in [0.3, 0.4) is 0 Å². The van der Waals surface area contributed by atoms with E-state index in [0.717, 1.165) is 0 Å². The van der Waals surface area contributed by atoms with E-state index in [2.05, 4.69) is 16.8 Å². The minimum absolute atomic E-state index is 1.21. The number of allylic oxidation sites excluding steroid dienone is 2. The van der Waals surface area contributed by atoms with Crippen molar-refractivity contribution in [2.75, 3.05) is 5.32 Å². The Morgan fingerprint density at radius 2 is 2.15 bits per heavy atom. The minimum atomic E-state index is 1.21. The summed E-state index contributed by atoms with van der Waals surface area (Å²) in [4.78, 5) is 0. The monoisotopic (exact) mass is 191 g/mol. The Morgan fingerprint density at radius 3 is 3.15 bits per heavy atom. The summed E-state index contributed by atoms with van der Waals surface area (Å²) in [6.07, 6.45) is 6.55. The van der Waals surface area contributed by atoms with Gasteiger partial charge in [-0.15, -0.1) is 11.3 Å². The second kappa shape index (κ2) is 2.88. The zero-order valence-electron chi connectivity index (χ0n) is 7.60. The molecule has 1 N–H and O–H groups in total. The van der Waals surface area contributed by atoms with E-state index in [1.807, 2.05) is 11.3 Å². The molecule has 0 spiro atoms. The van der Waals surface area contributed by atoms with Crippen LogP contribution in [0.25, 0.3) is 0 Å². The highest BCUT2D eigenvalue weighted by Crippen LogP contribution is 2.37. The summed E-state index contributed by atoms with van der Waals surface area (Å²) in [5.41, 5.74) is 4.70. The van der Waals surface area contributed by atoms with Gasteiger partial charge in [-0.3, -0.25) is 0 Å². The molecule has 3 rings (SSSR count). The summed E-state index contributed by atoms with van der Waals surface area (Å²) in [6.45, 7) is 0. The molecule has 0 bridgehead atoms. The Morgan fingerprint density at radius 1 is 1.23 bits per heavy atom. The lowest BCUT2D eigenvalue weighted by molar-refractivity contribution is 0.658. The topological polar surface area (TPSA) is 12.0 Å². The predicted octanol–water partition coefficient (Wildman–Crippen LogP) is 3.54. The van der Waals surface area contributed by atoms with Crippen LogP contribution in [0.2, 0.25) is 0 Å². The first-order valence-electron chi connectivity index (χ1n) is 4.98. The van der Waals surface area contributed by atoms with Gasteiger partial charge in [0.25, 0.3) is 0 Å². The van der Waals surface area contributed by atoms with Gasteiger partial charge in [-0.1, -0.05) is 0 Å².